The second-order valence-electron chi connectivity index (χ2n) is 4.15. The lowest BCUT2D eigenvalue weighted by molar-refractivity contribution is 0.616. The number of halogens is 1. The lowest BCUT2D eigenvalue weighted by Gasteiger charge is -2.16. The van der Waals surface area contributed by atoms with E-state index in [-0.39, 0.29) is 6.04 Å². The van der Waals surface area contributed by atoms with E-state index in [4.69, 9.17) is 0 Å². The summed E-state index contributed by atoms with van der Waals surface area (Å²) in [6.07, 6.45) is 7.41. The number of imidazole rings is 1. The van der Waals surface area contributed by atoms with Crippen LogP contribution in [0.15, 0.2) is 35.5 Å². The highest BCUT2D eigenvalue weighted by Gasteiger charge is 2.06. The summed E-state index contributed by atoms with van der Waals surface area (Å²) in [5.74, 6) is 0.878. The van der Waals surface area contributed by atoms with Crippen LogP contribution in [-0.2, 0) is 6.54 Å². The minimum Gasteiger partial charge on any atom is -0.365 e. The average molecular weight is 295 g/mol. The van der Waals surface area contributed by atoms with Crippen LogP contribution < -0.4 is 5.32 Å². The molecule has 5 heteroatoms. The molecule has 0 bridgehead atoms. The van der Waals surface area contributed by atoms with Gasteiger partial charge in [0.25, 0.3) is 0 Å². The molecule has 0 aliphatic rings. The molecule has 1 unspecified atom stereocenters. The highest BCUT2D eigenvalue weighted by molar-refractivity contribution is 9.10. The minimum absolute atomic E-state index is 0.288. The SMILES string of the molecule is Cc1cnc(NC(C)Cn2ccnc2)c(Br)c1. The van der Waals surface area contributed by atoms with Crippen molar-refractivity contribution in [2.24, 2.45) is 0 Å². The molecule has 90 valence electrons. The molecule has 4 nitrogen and oxygen atoms in total. The van der Waals surface area contributed by atoms with E-state index in [1.54, 1.807) is 6.20 Å². The molecular formula is C12H15BrN4. The van der Waals surface area contributed by atoms with Crippen molar-refractivity contribution in [1.29, 1.82) is 0 Å². The quantitative estimate of drug-likeness (QED) is 0.943. The zero-order valence-corrected chi connectivity index (χ0v) is 11.5. The van der Waals surface area contributed by atoms with Crippen LogP contribution in [0.5, 0.6) is 0 Å². The highest BCUT2D eigenvalue weighted by atomic mass is 79.9. The first-order chi connectivity index (χ1) is 8.15. The fourth-order valence-corrected chi connectivity index (χ4v) is 2.21. The Hall–Kier alpha value is -1.36. The topological polar surface area (TPSA) is 42.7 Å². The first kappa shape index (κ1) is 12.1. The van der Waals surface area contributed by atoms with E-state index in [0.29, 0.717) is 0 Å². The third-order valence-corrected chi connectivity index (χ3v) is 3.01. The van der Waals surface area contributed by atoms with E-state index in [0.717, 1.165) is 22.4 Å². The molecule has 0 fully saturated rings. The summed E-state index contributed by atoms with van der Waals surface area (Å²) in [6, 6.07) is 2.34. The number of nitrogens with one attached hydrogen (secondary N) is 1. The molecule has 0 spiro atoms. The fourth-order valence-electron chi connectivity index (χ4n) is 1.63. The predicted molar refractivity (Wildman–Crippen MR) is 72.0 cm³/mol. The Labute approximate surface area is 109 Å². The van der Waals surface area contributed by atoms with Gasteiger partial charge >= 0.3 is 0 Å². The number of anilines is 1. The van der Waals surface area contributed by atoms with E-state index in [1.807, 2.05) is 30.2 Å². The van der Waals surface area contributed by atoms with Gasteiger partial charge in [0.1, 0.15) is 5.82 Å². The lowest BCUT2D eigenvalue weighted by atomic mass is 10.3. The number of hydrogen-bond acceptors (Lipinski definition) is 3. The molecule has 0 saturated heterocycles. The molecule has 2 aromatic rings. The molecule has 0 aliphatic heterocycles. The lowest BCUT2D eigenvalue weighted by Crippen LogP contribution is -2.22. The molecule has 0 radical (unpaired) electrons. The molecule has 2 aromatic heterocycles. The first-order valence-corrected chi connectivity index (χ1v) is 6.29. The maximum absolute atomic E-state index is 4.36. The predicted octanol–water partition coefficient (Wildman–Crippen LogP) is 2.85. The zero-order valence-electron chi connectivity index (χ0n) is 9.89. The monoisotopic (exact) mass is 294 g/mol. The fraction of sp³-hybridized carbons (Fsp3) is 0.333. The average Bonchev–Trinajstić information content (AvgIpc) is 2.75. The third-order valence-electron chi connectivity index (χ3n) is 2.40. The van der Waals surface area contributed by atoms with Crippen LogP contribution in [0.3, 0.4) is 0 Å². The summed E-state index contributed by atoms with van der Waals surface area (Å²) in [4.78, 5) is 8.39. The Morgan fingerprint density at radius 1 is 1.53 bits per heavy atom. The summed E-state index contributed by atoms with van der Waals surface area (Å²) >= 11 is 3.51. The highest BCUT2D eigenvalue weighted by Crippen LogP contribution is 2.21. The zero-order chi connectivity index (χ0) is 12.3. The van der Waals surface area contributed by atoms with Crippen LogP contribution >= 0.6 is 15.9 Å². The van der Waals surface area contributed by atoms with Crippen LogP contribution in [-0.4, -0.2) is 20.6 Å². The largest absolute Gasteiger partial charge is 0.365 e. The molecule has 0 saturated carbocycles. The van der Waals surface area contributed by atoms with Gasteiger partial charge in [-0.05, 0) is 41.4 Å². The van der Waals surface area contributed by atoms with Crippen molar-refractivity contribution in [2.75, 3.05) is 5.32 Å². The van der Waals surface area contributed by atoms with Gasteiger partial charge < -0.3 is 9.88 Å². The number of aryl methyl sites for hydroxylation is 1. The van der Waals surface area contributed by atoms with Crippen molar-refractivity contribution in [3.05, 3.63) is 41.0 Å². The van der Waals surface area contributed by atoms with Crippen LogP contribution in [0.25, 0.3) is 0 Å². The molecule has 2 rings (SSSR count). The van der Waals surface area contributed by atoms with Crippen molar-refractivity contribution < 1.29 is 0 Å². The van der Waals surface area contributed by atoms with E-state index >= 15 is 0 Å². The van der Waals surface area contributed by atoms with E-state index in [1.165, 1.54) is 0 Å². The molecule has 0 amide bonds. The van der Waals surface area contributed by atoms with E-state index < -0.39 is 0 Å². The minimum atomic E-state index is 0.288. The second-order valence-corrected chi connectivity index (χ2v) is 5.00. The smallest absolute Gasteiger partial charge is 0.140 e. The van der Waals surface area contributed by atoms with Gasteiger partial charge in [-0.1, -0.05) is 0 Å². The summed E-state index contributed by atoms with van der Waals surface area (Å²) in [5, 5.41) is 3.37. The van der Waals surface area contributed by atoms with Gasteiger partial charge in [-0.15, -0.1) is 0 Å². The normalized spacial score (nSPS) is 12.4. The van der Waals surface area contributed by atoms with Gasteiger partial charge in [0.05, 0.1) is 10.8 Å². The van der Waals surface area contributed by atoms with Crippen LogP contribution in [0.1, 0.15) is 12.5 Å². The Kier molecular flexibility index (Phi) is 3.78. The van der Waals surface area contributed by atoms with Crippen molar-refractivity contribution in [2.45, 2.75) is 26.4 Å². The summed E-state index contributed by atoms with van der Waals surface area (Å²) in [5.41, 5.74) is 1.14. The number of pyridine rings is 1. The van der Waals surface area contributed by atoms with E-state index in [9.17, 15) is 0 Å². The maximum atomic E-state index is 4.36. The number of rotatable bonds is 4. The summed E-state index contributed by atoms with van der Waals surface area (Å²) in [7, 11) is 0. The van der Waals surface area contributed by atoms with Gasteiger partial charge in [0.2, 0.25) is 0 Å². The van der Waals surface area contributed by atoms with Crippen LogP contribution in [0, 0.1) is 6.92 Å². The molecular weight excluding hydrogens is 280 g/mol. The number of aromatic nitrogens is 3. The first-order valence-electron chi connectivity index (χ1n) is 5.49. The maximum Gasteiger partial charge on any atom is 0.140 e. The Morgan fingerprint density at radius 2 is 2.35 bits per heavy atom. The standard InChI is InChI=1S/C12H15BrN4/c1-9-5-11(13)12(15-6-9)16-10(2)7-17-4-3-14-8-17/h3-6,8,10H,7H2,1-2H3,(H,15,16). The van der Waals surface area contributed by atoms with Gasteiger partial charge in [0, 0.05) is 31.2 Å². The Bertz CT molecular complexity index is 481. The summed E-state index contributed by atoms with van der Waals surface area (Å²) < 4.78 is 3.04. The van der Waals surface area contributed by atoms with Crippen molar-refractivity contribution in [3.63, 3.8) is 0 Å². The molecule has 1 atom stereocenters. The molecule has 0 aliphatic carbocycles. The summed E-state index contributed by atoms with van der Waals surface area (Å²) in [6.45, 7) is 5.01. The van der Waals surface area contributed by atoms with Gasteiger partial charge in [-0.25, -0.2) is 9.97 Å². The van der Waals surface area contributed by atoms with Crippen molar-refractivity contribution in [3.8, 4) is 0 Å². The molecule has 0 aromatic carbocycles. The van der Waals surface area contributed by atoms with E-state index in [2.05, 4.69) is 44.2 Å². The van der Waals surface area contributed by atoms with Gasteiger partial charge in [0.15, 0.2) is 0 Å². The van der Waals surface area contributed by atoms with Crippen LogP contribution in [0.4, 0.5) is 5.82 Å². The Balaban J connectivity index is 2.00. The molecule has 17 heavy (non-hydrogen) atoms. The van der Waals surface area contributed by atoms with Crippen molar-refractivity contribution in [1.82, 2.24) is 14.5 Å². The molecule has 1 N–H and O–H groups in total. The number of hydrogen-bond donors (Lipinski definition) is 1. The van der Waals surface area contributed by atoms with Gasteiger partial charge in [-0.3, -0.25) is 0 Å². The third kappa shape index (κ3) is 3.30. The van der Waals surface area contributed by atoms with Crippen molar-refractivity contribution >= 4 is 21.7 Å². The second kappa shape index (κ2) is 5.31. The molecule has 2 heterocycles. The van der Waals surface area contributed by atoms with Gasteiger partial charge in [-0.2, -0.15) is 0 Å². The number of nitrogens with zero attached hydrogens (tertiary/aromatic N) is 3. The Morgan fingerprint density at radius 3 is 3.00 bits per heavy atom. The van der Waals surface area contributed by atoms with Crippen LogP contribution in [0.2, 0.25) is 0 Å².